The quantitative estimate of drug-likeness (QED) is 0.828. The summed E-state index contributed by atoms with van der Waals surface area (Å²) in [5.74, 6) is 0.246. The van der Waals surface area contributed by atoms with E-state index in [0.29, 0.717) is 13.0 Å². The summed E-state index contributed by atoms with van der Waals surface area (Å²) in [5.41, 5.74) is 8.36. The van der Waals surface area contributed by atoms with Gasteiger partial charge in [0.2, 0.25) is 0 Å². The Morgan fingerprint density at radius 1 is 1.18 bits per heavy atom. The summed E-state index contributed by atoms with van der Waals surface area (Å²) in [7, 11) is 0. The lowest BCUT2D eigenvalue weighted by Gasteiger charge is -2.40. The number of rotatable bonds is 3. The van der Waals surface area contributed by atoms with Crippen molar-refractivity contribution in [3.8, 4) is 16.9 Å². The Hall–Kier alpha value is -2.53. The summed E-state index contributed by atoms with van der Waals surface area (Å²) >= 11 is 0. The van der Waals surface area contributed by atoms with Gasteiger partial charge in [-0.3, -0.25) is 0 Å². The van der Waals surface area contributed by atoms with Crippen LogP contribution in [0.15, 0.2) is 48.5 Å². The zero-order chi connectivity index (χ0) is 20.3. The molecule has 0 bridgehead atoms. The number of aromatic hydroxyl groups is 1. The number of carbonyl (C=O) groups is 1. The molecule has 2 aromatic rings. The molecule has 0 saturated carbocycles. The van der Waals surface area contributed by atoms with E-state index >= 15 is 0 Å². The molecule has 2 aromatic carbocycles. The predicted molar refractivity (Wildman–Crippen MR) is 111 cm³/mol. The molecule has 1 amide bonds. The van der Waals surface area contributed by atoms with Crippen LogP contribution >= 0.6 is 0 Å². The summed E-state index contributed by atoms with van der Waals surface area (Å²) in [6.07, 6.45) is 1.86. The summed E-state index contributed by atoms with van der Waals surface area (Å²) in [5, 5.41) is 10.9. The molecule has 1 aliphatic rings. The van der Waals surface area contributed by atoms with E-state index in [0.717, 1.165) is 29.5 Å². The van der Waals surface area contributed by atoms with Crippen LogP contribution in [0.4, 0.5) is 4.79 Å². The van der Waals surface area contributed by atoms with Gasteiger partial charge in [-0.1, -0.05) is 48.5 Å². The van der Waals surface area contributed by atoms with E-state index in [4.69, 9.17) is 10.5 Å². The van der Waals surface area contributed by atoms with Crippen LogP contribution in [0.5, 0.6) is 5.75 Å². The van der Waals surface area contributed by atoms with Crippen molar-refractivity contribution in [2.75, 3.05) is 6.54 Å². The van der Waals surface area contributed by atoms with E-state index in [-0.39, 0.29) is 23.9 Å². The number of nitrogens with two attached hydrogens (primary N) is 1. The maximum absolute atomic E-state index is 12.7. The van der Waals surface area contributed by atoms with Gasteiger partial charge in [0.15, 0.2) is 0 Å². The van der Waals surface area contributed by atoms with E-state index in [1.165, 1.54) is 0 Å². The predicted octanol–water partition coefficient (Wildman–Crippen LogP) is 4.33. The summed E-state index contributed by atoms with van der Waals surface area (Å²) < 4.78 is 5.59. The van der Waals surface area contributed by atoms with Crippen LogP contribution in [0.1, 0.15) is 39.2 Å². The maximum atomic E-state index is 12.7. The fraction of sp³-hybridized carbons (Fsp3) is 0.435. The Kier molecular flexibility index (Phi) is 5.94. The molecule has 1 aliphatic heterocycles. The number of benzene rings is 2. The number of para-hydroxylation sites is 1. The second-order valence-corrected chi connectivity index (χ2v) is 8.43. The highest BCUT2D eigenvalue weighted by Gasteiger charge is 2.35. The van der Waals surface area contributed by atoms with Gasteiger partial charge >= 0.3 is 6.09 Å². The number of nitrogens with zero attached hydrogens (tertiary/aromatic N) is 1. The number of carbonyl (C=O) groups excluding carboxylic acids is 1. The van der Waals surface area contributed by atoms with Crippen molar-refractivity contribution in [3.05, 3.63) is 54.1 Å². The van der Waals surface area contributed by atoms with Crippen molar-refractivity contribution in [1.29, 1.82) is 0 Å². The van der Waals surface area contributed by atoms with E-state index in [9.17, 15) is 9.90 Å². The average Bonchev–Trinajstić information content (AvgIpc) is 2.64. The van der Waals surface area contributed by atoms with Crippen molar-refractivity contribution in [2.24, 2.45) is 5.73 Å². The Morgan fingerprint density at radius 2 is 1.89 bits per heavy atom. The monoisotopic (exact) mass is 382 g/mol. The van der Waals surface area contributed by atoms with Gasteiger partial charge in [-0.15, -0.1) is 0 Å². The van der Waals surface area contributed by atoms with Crippen LogP contribution in [-0.2, 0) is 11.2 Å². The van der Waals surface area contributed by atoms with Crippen molar-refractivity contribution >= 4 is 6.09 Å². The Labute approximate surface area is 167 Å². The topological polar surface area (TPSA) is 75.8 Å². The van der Waals surface area contributed by atoms with Crippen LogP contribution < -0.4 is 5.73 Å². The lowest BCUT2D eigenvalue weighted by Crippen LogP contribution is -2.56. The summed E-state index contributed by atoms with van der Waals surface area (Å²) in [6, 6.07) is 15.2. The lowest BCUT2D eigenvalue weighted by molar-refractivity contribution is 0.00687. The standard InChI is InChI=1S/C23H30N2O3/c1-23(2,3)28-22(27)25-14-8-13-19(24)20(25)15-17-11-7-12-18(21(17)26)16-9-5-4-6-10-16/h4-7,9-12,19-20,26H,8,13-15,24H2,1-3H3. The number of hydrogen-bond acceptors (Lipinski definition) is 4. The molecule has 0 radical (unpaired) electrons. The number of phenols is 1. The van der Waals surface area contributed by atoms with Gasteiger partial charge in [0.25, 0.3) is 0 Å². The van der Waals surface area contributed by atoms with Crippen molar-refractivity contribution < 1.29 is 14.6 Å². The van der Waals surface area contributed by atoms with Crippen LogP contribution in [-0.4, -0.2) is 40.3 Å². The lowest BCUT2D eigenvalue weighted by atomic mass is 9.90. The first kappa shape index (κ1) is 20.2. The third-order valence-electron chi connectivity index (χ3n) is 5.09. The Balaban J connectivity index is 1.87. The highest BCUT2D eigenvalue weighted by atomic mass is 16.6. The van der Waals surface area contributed by atoms with E-state index in [1.54, 1.807) is 4.90 Å². The molecule has 0 aliphatic carbocycles. The van der Waals surface area contributed by atoms with Gasteiger partial charge in [0.05, 0.1) is 6.04 Å². The third-order valence-corrected chi connectivity index (χ3v) is 5.09. The molecule has 3 N–H and O–H groups in total. The zero-order valence-electron chi connectivity index (χ0n) is 16.9. The number of hydrogen-bond donors (Lipinski definition) is 2. The number of phenolic OH excluding ortho intramolecular Hbond substituents is 1. The molecule has 0 spiro atoms. The van der Waals surface area contributed by atoms with E-state index in [2.05, 4.69) is 0 Å². The molecule has 1 fully saturated rings. The minimum Gasteiger partial charge on any atom is -0.507 e. The van der Waals surface area contributed by atoms with Crippen LogP contribution in [0.3, 0.4) is 0 Å². The van der Waals surface area contributed by atoms with Gasteiger partial charge in [0.1, 0.15) is 11.4 Å². The van der Waals surface area contributed by atoms with Crippen molar-refractivity contribution in [1.82, 2.24) is 4.90 Å². The number of ether oxygens (including phenoxy) is 1. The first-order chi connectivity index (χ1) is 13.3. The second-order valence-electron chi connectivity index (χ2n) is 8.43. The smallest absolute Gasteiger partial charge is 0.410 e. The van der Waals surface area contributed by atoms with Crippen LogP contribution in [0.25, 0.3) is 11.1 Å². The molecule has 1 saturated heterocycles. The highest BCUT2D eigenvalue weighted by Crippen LogP contribution is 2.34. The van der Waals surface area contributed by atoms with Crippen LogP contribution in [0.2, 0.25) is 0 Å². The van der Waals surface area contributed by atoms with Gasteiger partial charge in [-0.05, 0) is 51.2 Å². The van der Waals surface area contributed by atoms with Crippen LogP contribution in [0, 0.1) is 0 Å². The maximum Gasteiger partial charge on any atom is 0.410 e. The van der Waals surface area contributed by atoms with Gasteiger partial charge in [0, 0.05) is 18.2 Å². The first-order valence-electron chi connectivity index (χ1n) is 9.88. The molecular weight excluding hydrogens is 352 g/mol. The van der Waals surface area contributed by atoms with Gasteiger partial charge in [-0.2, -0.15) is 0 Å². The highest BCUT2D eigenvalue weighted by molar-refractivity contribution is 5.72. The average molecular weight is 383 g/mol. The molecular formula is C23H30N2O3. The SMILES string of the molecule is CC(C)(C)OC(=O)N1CCCC(N)C1Cc1cccc(-c2ccccc2)c1O. The molecule has 5 heteroatoms. The molecule has 2 unspecified atom stereocenters. The molecule has 2 atom stereocenters. The summed E-state index contributed by atoms with van der Waals surface area (Å²) in [6.45, 7) is 6.20. The fourth-order valence-electron chi connectivity index (χ4n) is 3.73. The molecule has 0 aromatic heterocycles. The Morgan fingerprint density at radius 3 is 2.57 bits per heavy atom. The minimum atomic E-state index is -0.557. The number of piperidine rings is 1. The first-order valence-corrected chi connectivity index (χ1v) is 9.88. The molecule has 3 rings (SSSR count). The summed E-state index contributed by atoms with van der Waals surface area (Å²) in [4.78, 5) is 14.4. The third kappa shape index (κ3) is 4.65. The number of amides is 1. The van der Waals surface area contributed by atoms with Crippen molar-refractivity contribution in [3.63, 3.8) is 0 Å². The molecule has 28 heavy (non-hydrogen) atoms. The largest absolute Gasteiger partial charge is 0.507 e. The normalized spacial score (nSPS) is 20.1. The van der Waals surface area contributed by atoms with E-state index < -0.39 is 5.60 Å². The Bertz CT molecular complexity index is 814. The van der Waals surface area contributed by atoms with E-state index in [1.807, 2.05) is 69.3 Å². The number of likely N-dealkylation sites (tertiary alicyclic amines) is 1. The minimum absolute atomic E-state index is 0.152. The van der Waals surface area contributed by atoms with Gasteiger partial charge in [-0.25, -0.2) is 4.79 Å². The fourth-order valence-corrected chi connectivity index (χ4v) is 3.73. The second kappa shape index (κ2) is 8.23. The molecule has 1 heterocycles. The zero-order valence-corrected chi connectivity index (χ0v) is 16.9. The molecule has 5 nitrogen and oxygen atoms in total. The van der Waals surface area contributed by atoms with Gasteiger partial charge < -0.3 is 20.5 Å². The molecule has 150 valence electrons. The van der Waals surface area contributed by atoms with Crippen molar-refractivity contribution in [2.45, 2.75) is 57.7 Å².